The zero-order valence-electron chi connectivity index (χ0n) is 6.50. The van der Waals surface area contributed by atoms with E-state index in [2.05, 4.69) is 12.6 Å². The van der Waals surface area contributed by atoms with Gasteiger partial charge in [-0.15, -0.1) is 0 Å². The Morgan fingerprint density at radius 2 is 2.27 bits per heavy atom. The van der Waals surface area contributed by atoms with Gasteiger partial charge in [0.2, 0.25) is 0 Å². The third-order valence-corrected chi connectivity index (χ3v) is 1.50. The predicted octanol–water partition coefficient (Wildman–Crippen LogP) is 1.03. The highest BCUT2D eigenvalue weighted by atomic mass is 32.1. The molecule has 64 valence electrons. The molecule has 3 N–H and O–H groups in total. The van der Waals surface area contributed by atoms with E-state index in [1.54, 1.807) is 0 Å². The molecular weight excluding hydrogens is 162 g/mol. The molecule has 0 rings (SSSR count). The first-order valence-corrected chi connectivity index (χ1v) is 3.88. The van der Waals surface area contributed by atoms with Crippen molar-refractivity contribution in [3.8, 4) is 0 Å². The number of rotatable bonds is 3. The number of nitrogens with one attached hydrogen (secondary N) is 1. The third-order valence-electron chi connectivity index (χ3n) is 1.26. The average molecular weight is 175 g/mol. The summed E-state index contributed by atoms with van der Waals surface area (Å²) in [6.07, 6.45) is 1.80. The lowest BCUT2D eigenvalue weighted by Gasteiger charge is -2.16. The summed E-state index contributed by atoms with van der Waals surface area (Å²) in [6, 6.07) is 0. The van der Waals surface area contributed by atoms with Crippen LogP contribution >= 0.6 is 12.6 Å². The van der Waals surface area contributed by atoms with Gasteiger partial charge in [-0.1, -0.05) is 26.0 Å². The van der Waals surface area contributed by atoms with Crippen LogP contribution < -0.4 is 5.73 Å². The fourth-order valence-electron chi connectivity index (χ4n) is 0.635. The molecule has 0 aliphatic rings. The van der Waals surface area contributed by atoms with E-state index < -0.39 is 5.24 Å². The van der Waals surface area contributed by atoms with Crippen molar-refractivity contribution in [3.05, 3.63) is 0 Å². The number of hydrogen-bond acceptors (Lipinski definition) is 2. The minimum Gasteiger partial charge on any atom is -0.370 e. The van der Waals surface area contributed by atoms with E-state index in [-0.39, 0.29) is 5.96 Å². The summed E-state index contributed by atoms with van der Waals surface area (Å²) in [5.41, 5.74) is 5.12. The molecule has 0 spiro atoms. The van der Waals surface area contributed by atoms with Crippen LogP contribution in [0, 0.1) is 5.41 Å². The van der Waals surface area contributed by atoms with Crippen LogP contribution in [0.2, 0.25) is 0 Å². The summed E-state index contributed by atoms with van der Waals surface area (Å²) in [7, 11) is 0. The second-order valence-electron chi connectivity index (χ2n) is 2.17. The monoisotopic (exact) mass is 175 g/mol. The fourth-order valence-corrected chi connectivity index (χ4v) is 0.843. The van der Waals surface area contributed by atoms with Crippen molar-refractivity contribution in [3.63, 3.8) is 0 Å². The molecule has 4 nitrogen and oxygen atoms in total. The Kier molecular flexibility index (Phi) is 4.69. The van der Waals surface area contributed by atoms with Gasteiger partial charge in [0.05, 0.1) is 0 Å². The van der Waals surface area contributed by atoms with Crippen LogP contribution in [-0.2, 0) is 0 Å². The molecule has 5 heteroatoms. The van der Waals surface area contributed by atoms with Crippen LogP contribution in [-0.4, -0.2) is 22.6 Å². The van der Waals surface area contributed by atoms with Crippen molar-refractivity contribution in [1.82, 2.24) is 4.90 Å². The molecule has 0 aromatic rings. The normalized spacial score (nSPS) is 9.27. The molecule has 0 aliphatic heterocycles. The highest BCUT2D eigenvalue weighted by molar-refractivity contribution is 7.96. The number of thiol groups is 1. The van der Waals surface area contributed by atoms with Gasteiger partial charge in [0.25, 0.3) is 5.24 Å². The number of unbranched alkanes of at least 4 members (excludes halogenated alkanes) is 1. The topological polar surface area (TPSA) is 70.2 Å². The van der Waals surface area contributed by atoms with E-state index in [4.69, 9.17) is 11.1 Å². The van der Waals surface area contributed by atoms with Gasteiger partial charge in [-0.3, -0.25) is 15.1 Å². The second kappa shape index (κ2) is 5.01. The molecule has 0 atom stereocenters. The zero-order valence-corrected chi connectivity index (χ0v) is 7.40. The van der Waals surface area contributed by atoms with Crippen molar-refractivity contribution in [2.45, 2.75) is 19.8 Å². The summed E-state index contributed by atoms with van der Waals surface area (Å²) in [5, 5.41) is 6.53. The fraction of sp³-hybridized carbons (Fsp3) is 0.667. The van der Waals surface area contributed by atoms with Gasteiger partial charge in [0, 0.05) is 6.54 Å². The van der Waals surface area contributed by atoms with E-state index in [1.165, 1.54) is 0 Å². The van der Waals surface area contributed by atoms with Crippen molar-refractivity contribution in [2.24, 2.45) is 5.73 Å². The smallest absolute Gasteiger partial charge is 0.285 e. The molecule has 0 bridgehead atoms. The lowest BCUT2D eigenvalue weighted by molar-refractivity contribution is 0.243. The van der Waals surface area contributed by atoms with E-state index in [0.29, 0.717) is 6.54 Å². The van der Waals surface area contributed by atoms with Gasteiger partial charge in [0.15, 0.2) is 5.96 Å². The summed E-state index contributed by atoms with van der Waals surface area (Å²) < 4.78 is 0. The number of guanidine groups is 1. The zero-order chi connectivity index (χ0) is 8.85. The van der Waals surface area contributed by atoms with Gasteiger partial charge in [-0.05, 0) is 6.42 Å². The maximum atomic E-state index is 10.7. The van der Waals surface area contributed by atoms with E-state index in [1.807, 2.05) is 6.92 Å². The van der Waals surface area contributed by atoms with E-state index >= 15 is 0 Å². The minimum atomic E-state index is -0.467. The first-order valence-electron chi connectivity index (χ1n) is 3.44. The lowest BCUT2D eigenvalue weighted by atomic mass is 10.3. The maximum Gasteiger partial charge on any atom is 0.285 e. The quantitative estimate of drug-likeness (QED) is 0.340. The summed E-state index contributed by atoms with van der Waals surface area (Å²) >= 11 is 3.57. The van der Waals surface area contributed by atoms with Crippen molar-refractivity contribution < 1.29 is 4.79 Å². The molecule has 0 saturated heterocycles. The standard InChI is InChI=1S/C6H13N3OS/c1-2-3-4-9(5(7)8)6(10)11/h2-4H2,1H3,(H3,7,8)(H,10,11). The van der Waals surface area contributed by atoms with Crippen molar-refractivity contribution in [1.29, 1.82) is 5.41 Å². The molecule has 0 radical (unpaired) electrons. The van der Waals surface area contributed by atoms with Crippen LogP contribution in [0.4, 0.5) is 4.79 Å². The van der Waals surface area contributed by atoms with Crippen LogP contribution in [0.15, 0.2) is 0 Å². The molecule has 0 heterocycles. The summed E-state index contributed by atoms with van der Waals surface area (Å²) in [5.74, 6) is -0.238. The maximum absolute atomic E-state index is 10.7. The number of carbonyl (C=O) groups excluding carboxylic acids is 1. The Labute approximate surface area is 71.7 Å². The van der Waals surface area contributed by atoms with Crippen LogP contribution in [0.5, 0.6) is 0 Å². The molecule has 0 aromatic heterocycles. The second-order valence-corrected chi connectivity index (χ2v) is 2.56. The molecular formula is C6H13N3OS. The van der Waals surface area contributed by atoms with Crippen molar-refractivity contribution >= 4 is 23.8 Å². The van der Waals surface area contributed by atoms with Gasteiger partial charge in [-0.25, -0.2) is 0 Å². The average Bonchev–Trinajstić information content (AvgIpc) is 1.87. The number of amides is 1. The molecule has 0 fully saturated rings. The molecule has 0 aromatic carbocycles. The molecule has 0 aliphatic carbocycles. The Morgan fingerprint density at radius 1 is 1.73 bits per heavy atom. The van der Waals surface area contributed by atoms with Gasteiger partial charge < -0.3 is 5.73 Å². The Bertz CT molecular complexity index is 146. The van der Waals surface area contributed by atoms with Crippen molar-refractivity contribution in [2.75, 3.05) is 6.54 Å². The number of nitrogens with two attached hydrogens (primary N) is 1. The third kappa shape index (κ3) is 3.87. The molecule has 0 saturated carbocycles. The Hall–Kier alpha value is -0.710. The van der Waals surface area contributed by atoms with Gasteiger partial charge in [-0.2, -0.15) is 0 Å². The van der Waals surface area contributed by atoms with Crippen LogP contribution in [0.3, 0.4) is 0 Å². The predicted molar refractivity (Wildman–Crippen MR) is 47.9 cm³/mol. The lowest BCUT2D eigenvalue weighted by Crippen LogP contribution is -2.38. The van der Waals surface area contributed by atoms with Gasteiger partial charge >= 0.3 is 0 Å². The summed E-state index contributed by atoms with van der Waals surface area (Å²) in [4.78, 5) is 11.8. The van der Waals surface area contributed by atoms with Gasteiger partial charge in [0.1, 0.15) is 0 Å². The Morgan fingerprint density at radius 3 is 2.55 bits per heavy atom. The number of carbonyl (C=O) groups is 1. The summed E-state index contributed by atoms with van der Waals surface area (Å²) in [6.45, 7) is 2.48. The first kappa shape index (κ1) is 10.3. The first-order chi connectivity index (χ1) is 5.09. The SMILES string of the molecule is CCCCN(C(=N)N)C(=O)S. The molecule has 11 heavy (non-hydrogen) atoms. The highest BCUT2D eigenvalue weighted by Crippen LogP contribution is 1.98. The largest absolute Gasteiger partial charge is 0.370 e. The highest BCUT2D eigenvalue weighted by Gasteiger charge is 2.10. The number of hydrogen-bond donors (Lipinski definition) is 3. The van der Waals surface area contributed by atoms with Crippen LogP contribution in [0.1, 0.15) is 19.8 Å². The molecule has 0 unspecified atom stereocenters. The minimum absolute atomic E-state index is 0.238. The Balaban J connectivity index is 3.90. The van der Waals surface area contributed by atoms with E-state index in [0.717, 1.165) is 17.7 Å². The van der Waals surface area contributed by atoms with E-state index in [9.17, 15) is 4.79 Å². The molecule has 1 amide bonds. The number of nitrogens with zero attached hydrogens (tertiary/aromatic N) is 1. The van der Waals surface area contributed by atoms with Crippen LogP contribution in [0.25, 0.3) is 0 Å².